The van der Waals surface area contributed by atoms with E-state index in [4.69, 9.17) is 4.99 Å². The first-order valence-electron chi connectivity index (χ1n) is 10.6. The summed E-state index contributed by atoms with van der Waals surface area (Å²) in [7, 11) is 0. The highest BCUT2D eigenvalue weighted by molar-refractivity contribution is 6.13. The summed E-state index contributed by atoms with van der Waals surface area (Å²) < 4.78 is 0. The molecule has 3 aliphatic heterocycles. The summed E-state index contributed by atoms with van der Waals surface area (Å²) in [5, 5.41) is 3.63. The van der Waals surface area contributed by atoms with E-state index in [1.807, 2.05) is 30.6 Å². The van der Waals surface area contributed by atoms with Crippen LogP contribution in [0.3, 0.4) is 0 Å². The first-order valence-corrected chi connectivity index (χ1v) is 10.6. The van der Waals surface area contributed by atoms with Crippen LogP contribution in [0.1, 0.15) is 34.0 Å². The Labute approximate surface area is 186 Å². The largest absolute Gasteiger partial charge is 0.360 e. The SMILES string of the molecule is C1=NC(c2cccc(C3=NC(c4cccc(C5=CC=N5)c4)NC(c4ccccc4)=C3)c2)=C1. The summed E-state index contributed by atoms with van der Waals surface area (Å²) in [4.78, 5) is 13.8. The van der Waals surface area contributed by atoms with E-state index in [0.717, 1.165) is 50.6 Å². The minimum Gasteiger partial charge on any atom is -0.360 e. The number of nitrogens with one attached hydrogen (secondary N) is 1. The maximum Gasteiger partial charge on any atom is 0.145 e. The fraction of sp³-hybridized carbons (Fsp3) is 0.0357. The van der Waals surface area contributed by atoms with Crippen molar-refractivity contribution in [2.75, 3.05) is 0 Å². The zero-order chi connectivity index (χ0) is 21.3. The number of hydrogen-bond acceptors (Lipinski definition) is 4. The molecule has 0 amide bonds. The lowest BCUT2D eigenvalue weighted by Crippen LogP contribution is -2.25. The van der Waals surface area contributed by atoms with Gasteiger partial charge in [-0.2, -0.15) is 0 Å². The van der Waals surface area contributed by atoms with E-state index in [1.165, 1.54) is 0 Å². The minimum absolute atomic E-state index is 0.195. The third-order valence-corrected chi connectivity index (χ3v) is 5.77. The molecule has 3 aromatic rings. The Kier molecular flexibility index (Phi) is 4.47. The highest BCUT2D eigenvalue weighted by Gasteiger charge is 2.20. The van der Waals surface area contributed by atoms with Gasteiger partial charge < -0.3 is 5.32 Å². The molecule has 1 atom stereocenters. The van der Waals surface area contributed by atoms with Crippen molar-refractivity contribution < 1.29 is 0 Å². The predicted molar refractivity (Wildman–Crippen MR) is 133 cm³/mol. The first-order chi connectivity index (χ1) is 15.8. The predicted octanol–water partition coefficient (Wildman–Crippen LogP) is 5.67. The molecule has 3 heterocycles. The molecule has 152 valence electrons. The van der Waals surface area contributed by atoms with Crippen LogP contribution in [0, 0.1) is 0 Å². The molecule has 0 aromatic heterocycles. The number of hydrogen-bond donors (Lipinski definition) is 1. The van der Waals surface area contributed by atoms with Gasteiger partial charge in [-0.15, -0.1) is 0 Å². The van der Waals surface area contributed by atoms with Gasteiger partial charge >= 0.3 is 0 Å². The quantitative estimate of drug-likeness (QED) is 0.577. The Hall–Kier alpha value is -4.31. The van der Waals surface area contributed by atoms with Crippen molar-refractivity contribution >= 4 is 35.2 Å². The summed E-state index contributed by atoms with van der Waals surface area (Å²) >= 11 is 0. The van der Waals surface area contributed by atoms with Crippen LogP contribution in [0.25, 0.3) is 17.1 Å². The highest BCUT2D eigenvalue weighted by Crippen LogP contribution is 2.30. The van der Waals surface area contributed by atoms with E-state index in [9.17, 15) is 0 Å². The molecule has 0 saturated carbocycles. The summed E-state index contributed by atoms with van der Waals surface area (Å²) in [6.45, 7) is 0. The van der Waals surface area contributed by atoms with Crippen LogP contribution in [0.5, 0.6) is 0 Å². The van der Waals surface area contributed by atoms with Crippen LogP contribution in [-0.2, 0) is 0 Å². The van der Waals surface area contributed by atoms with Crippen LogP contribution < -0.4 is 5.32 Å². The molecule has 0 fully saturated rings. The average Bonchev–Trinajstić information content (AvgIpc) is 2.78. The molecule has 3 aromatic carbocycles. The van der Waals surface area contributed by atoms with Gasteiger partial charge in [0.2, 0.25) is 0 Å². The van der Waals surface area contributed by atoms with Crippen LogP contribution in [0.15, 0.2) is 112 Å². The monoisotopic (exact) mass is 412 g/mol. The van der Waals surface area contributed by atoms with E-state index >= 15 is 0 Å². The van der Waals surface area contributed by atoms with Crippen molar-refractivity contribution in [2.45, 2.75) is 6.17 Å². The van der Waals surface area contributed by atoms with Crippen molar-refractivity contribution in [3.05, 3.63) is 125 Å². The lowest BCUT2D eigenvalue weighted by Gasteiger charge is -2.25. The van der Waals surface area contributed by atoms with Gasteiger partial charge in [-0.1, -0.05) is 66.7 Å². The lowest BCUT2D eigenvalue weighted by molar-refractivity contribution is 0.664. The van der Waals surface area contributed by atoms with E-state index in [1.54, 1.807) is 0 Å². The molecule has 1 N–H and O–H groups in total. The normalized spacial score (nSPS) is 18.4. The molecule has 0 aliphatic carbocycles. The first kappa shape index (κ1) is 18.5. The van der Waals surface area contributed by atoms with E-state index in [0.29, 0.717) is 0 Å². The van der Waals surface area contributed by atoms with Gasteiger partial charge in [-0.3, -0.25) is 15.0 Å². The Balaban J connectivity index is 1.42. The van der Waals surface area contributed by atoms with Crippen molar-refractivity contribution in [2.24, 2.45) is 15.0 Å². The molecular weight excluding hydrogens is 392 g/mol. The maximum absolute atomic E-state index is 5.10. The molecule has 4 nitrogen and oxygen atoms in total. The zero-order valence-electron chi connectivity index (χ0n) is 17.3. The fourth-order valence-electron chi connectivity index (χ4n) is 3.98. The van der Waals surface area contributed by atoms with Crippen LogP contribution in [-0.4, -0.2) is 18.1 Å². The number of benzene rings is 3. The van der Waals surface area contributed by atoms with Crippen LogP contribution in [0.4, 0.5) is 0 Å². The third-order valence-electron chi connectivity index (χ3n) is 5.77. The van der Waals surface area contributed by atoms with E-state index in [-0.39, 0.29) is 6.17 Å². The topological polar surface area (TPSA) is 49.1 Å². The average molecular weight is 412 g/mol. The summed E-state index contributed by atoms with van der Waals surface area (Å²) in [5.41, 5.74) is 9.54. The lowest BCUT2D eigenvalue weighted by atomic mass is 9.98. The van der Waals surface area contributed by atoms with Crippen LogP contribution >= 0.6 is 0 Å². The zero-order valence-corrected chi connectivity index (χ0v) is 17.3. The number of nitrogens with zero attached hydrogens (tertiary/aromatic N) is 3. The molecule has 32 heavy (non-hydrogen) atoms. The van der Waals surface area contributed by atoms with E-state index in [2.05, 4.69) is 94.2 Å². The van der Waals surface area contributed by atoms with Crippen molar-refractivity contribution in [1.82, 2.24) is 5.32 Å². The summed E-state index contributed by atoms with van der Waals surface area (Å²) in [6.07, 6.45) is 9.64. The molecule has 0 saturated heterocycles. The molecule has 6 rings (SSSR count). The number of aliphatic imine (C=N–C) groups is 3. The second-order valence-electron chi connectivity index (χ2n) is 7.85. The fourth-order valence-corrected chi connectivity index (χ4v) is 3.98. The Bertz CT molecular complexity index is 1390. The van der Waals surface area contributed by atoms with Gasteiger partial charge in [0, 0.05) is 34.8 Å². The highest BCUT2D eigenvalue weighted by atomic mass is 15.1. The van der Waals surface area contributed by atoms with Gasteiger partial charge in [0.25, 0.3) is 0 Å². The van der Waals surface area contributed by atoms with Gasteiger partial charge in [-0.25, -0.2) is 0 Å². The molecule has 4 heteroatoms. The van der Waals surface area contributed by atoms with Gasteiger partial charge in [0.15, 0.2) is 0 Å². The minimum atomic E-state index is -0.195. The molecule has 0 bridgehead atoms. The summed E-state index contributed by atoms with van der Waals surface area (Å²) in [5.74, 6) is 0. The van der Waals surface area contributed by atoms with E-state index < -0.39 is 0 Å². The third kappa shape index (κ3) is 3.42. The molecule has 1 unspecified atom stereocenters. The van der Waals surface area contributed by atoms with Gasteiger partial charge in [0.1, 0.15) is 6.17 Å². The second-order valence-corrected chi connectivity index (χ2v) is 7.85. The number of allylic oxidation sites excluding steroid dienone is 3. The standard InChI is InChI=1S/C28H20N4/c1-2-6-19(7-3-1)26-18-27(22-10-4-8-20(16-22)24-12-14-29-24)32-28(31-26)23-11-5-9-21(17-23)25-13-15-30-25/h1-18,28,31H. The Morgan fingerprint density at radius 1 is 0.625 bits per heavy atom. The van der Waals surface area contributed by atoms with Crippen molar-refractivity contribution in [3.8, 4) is 0 Å². The molecule has 0 radical (unpaired) electrons. The number of rotatable bonds is 5. The molecular formula is C28H20N4. The Morgan fingerprint density at radius 3 is 1.94 bits per heavy atom. The second kappa shape index (κ2) is 7.75. The molecule has 3 aliphatic rings. The summed E-state index contributed by atoms with van der Waals surface area (Å²) in [6, 6.07) is 27.2. The smallest absolute Gasteiger partial charge is 0.145 e. The van der Waals surface area contributed by atoms with Crippen molar-refractivity contribution in [3.63, 3.8) is 0 Å². The maximum atomic E-state index is 5.10. The van der Waals surface area contributed by atoms with Crippen molar-refractivity contribution in [1.29, 1.82) is 0 Å². The molecule has 0 spiro atoms. The van der Waals surface area contributed by atoms with Gasteiger partial charge in [0.05, 0.1) is 17.1 Å². The van der Waals surface area contributed by atoms with Gasteiger partial charge in [-0.05, 0) is 41.5 Å². The Morgan fingerprint density at radius 2 is 1.25 bits per heavy atom. The van der Waals surface area contributed by atoms with Crippen LogP contribution in [0.2, 0.25) is 0 Å².